The molecule has 3 rings (SSSR count). The van der Waals surface area contributed by atoms with Crippen molar-refractivity contribution in [3.05, 3.63) is 71.7 Å². The highest BCUT2D eigenvalue weighted by molar-refractivity contribution is 5.86. The van der Waals surface area contributed by atoms with E-state index >= 15 is 0 Å². The SMILES string of the molecule is CCc1c(-c2ccccc2)c(-c2ccc(F)cc2)n(CCC(O)CC(O)CC(=O)O)c1C(C)C. The molecule has 2 unspecified atom stereocenters. The van der Waals surface area contributed by atoms with Crippen LogP contribution in [-0.4, -0.2) is 38.1 Å². The fourth-order valence-electron chi connectivity index (χ4n) is 4.76. The van der Waals surface area contributed by atoms with E-state index in [9.17, 15) is 19.4 Å². The summed E-state index contributed by atoms with van der Waals surface area (Å²) in [6.45, 7) is 6.90. The van der Waals surface area contributed by atoms with Gasteiger partial charge in [-0.2, -0.15) is 0 Å². The predicted molar refractivity (Wildman–Crippen MR) is 132 cm³/mol. The summed E-state index contributed by atoms with van der Waals surface area (Å²) in [5.74, 6) is -1.18. The number of aliphatic hydroxyl groups is 2. The van der Waals surface area contributed by atoms with Gasteiger partial charge in [-0.3, -0.25) is 4.79 Å². The molecule has 1 heterocycles. The Kier molecular flexibility index (Phi) is 8.64. The van der Waals surface area contributed by atoms with Crippen LogP contribution in [0, 0.1) is 5.82 Å². The molecule has 0 amide bonds. The fourth-order valence-corrected chi connectivity index (χ4v) is 4.76. The minimum Gasteiger partial charge on any atom is -0.481 e. The molecule has 2 atom stereocenters. The van der Waals surface area contributed by atoms with Crippen molar-refractivity contribution >= 4 is 5.97 Å². The van der Waals surface area contributed by atoms with Crippen molar-refractivity contribution in [1.29, 1.82) is 0 Å². The number of carbonyl (C=O) groups is 1. The van der Waals surface area contributed by atoms with Crippen LogP contribution in [0.25, 0.3) is 22.4 Å². The summed E-state index contributed by atoms with van der Waals surface area (Å²) in [7, 11) is 0. The Hall–Kier alpha value is -2.96. The molecule has 0 aliphatic heterocycles. The average molecular weight is 468 g/mol. The number of nitrogens with zero attached hydrogens (tertiary/aromatic N) is 1. The molecule has 3 aromatic rings. The third-order valence-electron chi connectivity index (χ3n) is 6.13. The van der Waals surface area contributed by atoms with E-state index in [0.29, 0.717) is 13.0 Å². The van der Waals surface area contributed by atoms with E-state index in [-0.39, 0.29) is 18.2 Å². The number of hydrogen-bond acceptors (Lipinski definition) is 3. The summed E-state index contributed by atoms with van der Waals surface area (Å²) >= 11 is 0. The number of aromatic nitrogens is 1. The first-order valence-corrected chi connectivity index (χ1v) is 11.9. The van der Waals surface area contributed by atoms with Crippen LogP contribution < -0.4 is 0 Å². The lowest BCUT2D eigenvalue weighted by Gasteiger charge is -2.20. The predicted octanol–water partition coefficient (Wildman–Crippen LogP) is 5.62. The summed E-state index contributed by atoms with van der Waals surface area (Å²) in [5.41, 5.74) is 6.45. The first-order valence-electron chi connectivity index (χ1n) is 11.9. The Bertz CT molecular complexity index is 1090. The van der Waals surface area contributed by atoms with Crippen LogP contribution in [0.5, 0.6) is 0 Å². The molecule has 3 N–H and O–H groups in total. The zero-order valence-electron chi connectivity index (χ0n) is 20.0. The number of halogens is 1. The first kappa shape index (κ1) is 25.7. The second kappa shape index (κ2) is 11.4. The summed E-state index contributed by atoms with van der Waals surface area (Å²) in [5, 5.41) is 29.4. The highest BCUT2D eigenvalue weighted by Crippen LogP contribution is 2.42. The number of benzene rings is 2. The number of carboxylic acid groups (broad SMARTS) is 1. The van der Waals surface area contributed by atoms with E-state index < -0.39 is 24.6 Å². The summed E-state index contributed by atoms with van der Waals surface area (Å²) < 4.78 is 16.0. The van der Waals surface area contributed by atoms with Crippen molar-refractivity contribution in [2.24, 2.45) is 0 Å². The maximum absolute atomic E-state index is 13.8. The monoisotopic (exact) mass is 467 g/mol. The van der Waals surface area contributed by atoms with E-state index in [4.69, 9.17) is 5.11 Å². The minimum atomic E-state index is -1.09. The Morgan fingerprint density at radius 1 is 0.971 bits per heavy atom. The third-order valence-corrected chi connectivity index (χ3v) is 6.13. The second-order valence-electron chi connectivity index (χ2n) is 9.05. The molecule has 0 saturated carbocycles. The largest absolute Gasteiger partial charge is 0.481 e. The van der Waals surface area contributed by atoms with Gasteiger partial charge in [-0.05, 0) is 66.1 Å². The normalized spacial score (nSPS) is 13.3. The van der Waals surface area contributed by atoms with Gasteiger partial charge in [0.05, 0.1) is 24.3 Å². The first-order chi connectivity index (χ1) is 16.2. The molecule has 0 fully saturated rings. The average Bonchev–Trinajstić information content (AvgIpc) is 3.12. The molecule has 1 aromatic heterocycles. The van der Waals surface area contributed by atoms with Gasteiger partial charge in [0.1, 0.15) is 5.82 Å². The lowest BCUT2D eigenvalue weighted by Crippen LogP contribution is -2.22. The summed E-state index contributed by atoms with van der Waals surface area (Å²) in [6.07, 6.45) is -1.15. The zero-order valence-corrected chi connectivity index (χ0v) is 20.0. The highest BCUT2D eigenvalue weighted by Gasteiger charge is 2.26. The van der Waals surface area contributed by atoms with Crippen LogP contribution >= 0.6 is 0 Å². The Morgan fingerprint density at radius 2 is 1.62 bits per heavy atom. The summed E-state index contributed by atoms with van der Waals surface area (Å²) in [4.78, 5) is 10.9. The van der Waals surface area contributed by atoms with E-state index in [1.807, 2.05) is 18.2 Å². The quantitative estimate of drug-likeness (QED) is 0.342. The molecular formula is C28H34FNO4. The topological polar surface area (TPSA) is 82.7 Å². The molecule has 0 bridgehead atoms. The lowest BCUT2D eigenvalue weighted by molar-refractivity contribution is -0.139. The van der Waals surface area contributed by atoms with Crippen molar-refractivity contribution in [2.45, 2.75) is 71.1 Å². The van der Waals surface area contributed by atoms with E-state index in [1.54, 1.807) is 12.1 Å². The Morgan fingerprint density at radius 3 is 2.18 bits per heavy atom. The van der Waals surface area contributed by atoms with Crippen molar-refractivity contribution in [3.8, 4) is 22.4 Å². The molecule has 0 aliphatic rings. The van der Waals surface area contributed by atoms with E-state index in [0.717, 1.165) is 28.8 Å². The molecule has 0 aliphatic carbocycles. The van der Waals surface area contributed by atoms with Gasteiger partial charge in [-0.15, -0.1) is 0 Å². The van der Waals surface area contributed by atoms with E-state index in [1.165, 1.54) is 23.4 Å². The molecule has 182 valence electrons. The van der Waals surface area contributed by atoms with Crippen LogP contribution in [0.15, 0.2) is 54.6 Å². The second-order valence-corrected chi connectivity index (χ2v) is 9.05. The Balaban J connectivity index is 2.10. The van der Waals surface area contributed by atoms with Crippen molar-refractivity contribution < 1.29 is 24.5 Å². The molecule has 0 spiro atoms. The van der Waals surface area contributed by atoms with Gasteiger partial charge >= 0.3 is 5.97 Å². The number of aliphatic hydroxyl groups excluding tert-OH is 2. The number of carboxylic acids is 1. The molecule has 5 nitrogen and oxygen atoms in total. The summed E-state index contributed by atoms with van der Waals surface area (Å²) in [6, 6.07) is 16.6. The number of aliphatic carboxylic acids is 1. The Labute approximate surface area is 200 Å². The van der Waals surface area contributed by atoms with Crippen LogP contribution in [0.2, 0.25) is 0 Å². The van der Waals surface area contributed by atoms with Crippen LogP contribution in [-0.2, 0) is 17.8 Å². The minimum absolute atomic E-state index is 0.00262. The maximum atomic E-state index is 13.8. The van der Waals surface area contributed by atoms with Crippen LogP contribution in [0.4, 0.5) is 4.39 Å². The van der Waals surface area contributed by atoms with Crippen LogP contribution in [0.3, 0.4) is 0 Å². The van der Waals surface area contributed by atoms with Gasteiger partial charge in [0.2, 0.25) is 0 Å². The molecule has 34 heavy (non-hydrogen) atoms. The van der Waals surface area contributed by atoms with Gasteiger partial charge in [0.15, 0.2) is 0 Å². The zero-order chi connectivity index (χ0) is 24.8. The molecule has 0 saturated heterocycles. The van der Waals surface area contributed by atoms with Crippen molar-refractivity contribution in [2.75, 3.05) is 0 Å². The van der Waals surface area contributed by atoms with Crippen molar-refractivity contribution in [3.63, 3.8) is 0 Å². The molecule has 6 heteroatoms. The van der Waals surface area contributed by atoms with Gasteiger partial charge in [-0.25, -0.2) is 4.39 Å². The highest BCUT2D eigenvalue weighted by atomic mass is 19.1. The molecular weight excluding hydrogens is 433 g/mol. The fraction of sp³-hybridized carbons (Fsp3) is 0.393. The van der Waals surface area contributed by atoms with Crippen molar-refractivity contribution in [1.82, 2.24) is 4.57 Å². The number of rotatable bonds is 11. The molecule has 0 radical (unpaired) electrons. The van der Waals surface area contributed by atoms with Gasteiger partial charge < -0.3 is 19.9 Å². The molecule has 2 aromatic carbocycles. The maximum Gasteiger partial charge on any atom is 0.305 e. The van der Waals surface area contributed by atoms with Gasteiger partial charge in [-0.1, -0.05) is 51.1 Å². The number of hydrogen-bond donors (Lipinski definition) is 3. The smallest absolute Gasteiger partial charge is 0.305 e. The third kappa shape index (κ3) is 5.93. The van der Waals surface area contributed by atoms with E-state index in [2.05, 4.69) is 37.5 Å². The lowest BCUT2D eigenvalue weighted by atomic mass is 9.94. The standard InChI is InChI=1S/C28H34FNO4/c1-4-24-26(19-8-6-5-7-9-19)28(20-10-12-21(29)13-11-20)30(27(24)18(2)3)15-14-22(31)16-23(32)17-25(33)34/h5-13,18,22-23,31-32H,4,14-17H2,1-3H3,(H,33,34). The van der Waals surface area contributed by atoms with Crippen LogP contribution in [0.1, 0.15) is 57.2 Å². The van der Waals surface area contributed by atoms with Gasteiger partial charge in [0.25, 0.3) is 0 Å². The van der Waals surface area contributed by atoms with Gasteiger partial charge in [0, 0.05) is 17.8 Å².